The normalized spacial score (nSPS) is 20.4. The van der Waals surface area contributed by atoms with Crippen molar-refractivity contribution in [3.05, 3.63) is 34.4 Å². The number of hydrogen-bond acceptors (Lipinski definition) is 6. The average molecular weight is 458 g/mol. The molecule has 2 aromatic rings. The molecule has 33 heavy (non-hydrogen) atoms. The summed E-state index contributed by atoms with van der Waals surface area (Å²) in [5.74, 6) is 0.275. The first-order chi connectivity index (χ1) is 15.9. The van der Waals surface area contributed by atoms with Crippen LogP contribution < -0.4 is 0 Å². The van der Waals surface area contributed by atoms with Gasteiger partial charge in [-0.25, -0.2) is 0 Å². The molecule has 0 saturated carbocycles. The lowest BCUT2D eigenvalue weighted by Gasteiger charge is -2.34. The third kappa shape index (κ3) is 4.77. The Bertz CT molecular complexity index is 1030. The first kappa shape index (κ1) is 23.0. The zero-order valence-corrected chi connectivity index (χ0v) is 19.2. The lowest BCUT2D eigenvalue weighted by atomic mass is 9.95. The Balaban J connectivity index is 0.000000821. The lowest BCUT2D eigenvalue weighted by molar-refractivity contribution is -0.138. The molecule has 0 aliphatic carbocycles. The molecule has 3 aliphatic rings. The van der Waals surface area contributed by atoms with Crippen molar-refractivity contribution in [2.45, 2.75) is 45.8 Å². The highest BCUT2D eigenvalue weighted by Crippen LogP contribution is 2.26. The second-order valence-electron chi connectivity index (χ2n) is 8.97. The number of hydrogen-bond donors (Lipinski definition) is 2. The minimum Gasteiger partial charge on any atom is -0.483 e. The van der Waals surface area contributed by atoms with E-state index in [0.717, 1.165) is 48.6 Å². The maximum absolute atomic E-state index is 13.2. The van der Waals surface area contributed by atoms with Crippen LogP contribution in [0.15, 0.2) is 6.07 Å². The van der Waals surface area contributed by atoms with Crippen LogP contribution in [0.5, 0.6) is 0 Å². The van der Waals surface area contributed by atoms with E-state index in [4.69, 9.17) is 9.90 Å². The fraction of sp³-hybridized carbons (Fsp3) is 0.591. The van der Waals surface area contributed by atoms with Crippen molar-refractivity contribution < 1.29 is 19.5 Å². The van der Waals surface area contributed by atoms with Gasteiger partial charge in [0, 0.05) is 25.2 Å². The summed E-state index contributed by atoms with van der Waals surface area (Å²) >= 11 is 0. The van der Waals surface area contributed by atoms with Crippen LogP contribution in [-0.2, 0) is 35.6 Å². The average Bonchev–Trinajstić information content (AvgIpc) is 3.40. The second-order valence-corrected chi connectivity index (χ2v) is 8.97. The number of H-pyrrole nitrogens is 1. The van der Waals surface area contributed by atoms with Gasteiger partial charge in [0.1, 0.15) is 0 Å². The zero-order chi connectivity index (χ0) is 23.5. The summed E-state index contributed by atoms with van der Waals surface area (Å²) in [4.78, 5) is 40.6. The third-order valence-corrected chi connectivity index (χ3v) is 6.63. The van der Waals surface area contributed by atoms with Crippen molar-refractivity contribution >= 4 is 18.3 Å². The maximum Gasteiger partial charge on any atom is 0.290 e. The van der Waals surface area contributed by atoms with Gasteiger partial charge in [0.2, 0.25) is 5.91 Å². The number of aryl methyl sites for hydroxylation is 1. The Hall–Kier alpha value is -3.21. The summed E-state index contributed by atoms with van der Waals surface area (Å²) in [7, 11) is 2.08. The highest BCUT2D eigenvalue weighted by Gasteiger charge is 2.34. The largest absolute Gasteiger partial charge is 0.483 e. The lowest BCUT2D eigenvalue weighted by Crippen LogP contribution is -2.45. The van der Waals surface area contributed by atoms with Crippen LogP contribution in [0, 0.1) is 12.8 Å². The van der Waals surface area contributed by atoms with Gasteiger partial charge in [0.25, 0.3) is 12.4 Å². The Labute approximate surface area is 192 Å². The molecule has 3 aliphatic heterocycles. The highest BCUT2D eigenvalue weighted by atomic mass is 16.3. The summed E-state index contributed by atoms with van der Waals surface area (Å²) in [5.41, 5.74) is 4.43. The van der Waals surface area contributed by atoms with Crippen molar-refractivity contribution in [1.29, 1.82) is 0 Å². The fourth-order valence-corrected chi connectivity index (χ4v) is 5.04. The van der Waals surface area contributed by atoms with Gasteiger partial charge in [-0.05, 0) is 45.8 Å². The van der Waals surface area contributed by atoms with E-state index in [-0.39, 0.29) is 24.2 Å². The molecule has 11 heteroatoms. The molecule has 1 saturated heterocycles. The van der Waals surface area contributed by atoms with Crippen LogP contribution in [0.4, 0.5) is 0 Å². The number of nitrogens with one attached hydrogen (secondary N) is 1. The van der Waals surface area contributed by atoms with Crippen molar-refractivity contribution in [2.75, 3.05) is 33.2 Å². The Morgan fingerprint density at radius 3 is 2.73 bits per heavy atom. The van der Waals surface area contributed by atoms with E-state index in [1.165, 1.54) is 0 Å². The van der Waals surface area contributed by atoms with E-state index in [1.807, 2.05) is 27.5 Å². The van der Waals surface area contributed by atoms with E-state index in [0.29, 0.717) is 44.8 Å². The minimum absolute atomic E-state index is 0.0358. The molecule has 0 aromatic carbocycles. The Kier molecular flexibility index (Phi) is 6.77. The van der Waals surface area contributed by atoms with E-state index in [9.17, 15) is 9.59 Å². The molecular formula is C22H31N7O4. The van der Waals surface area contributed by atoms with E-state index < -0.39 is 0 Å². The summed E-state index contributed by atoms with van der Waals surface area (Å²) in [6.07, 6.45) is 2.71. The standard InChI is InChI=1S/C21H29N7O2.CH2O2/c1-14-10-16-12-27(8-9-28(16)24-14)21(30)19-17-5-7-26(13-18(17)22-23-19)20(29)15-4-3-6-25(2)11-15;2-1-3/h10,15H,3-9,11-13H2,1-2H3,(H,22,23);1H,(H,2,3). The quantitative estimate of drug-likeness (QED) is 0.629. The number of aromatic nitrogens is 4. The van der Waals surface area contributed by atoms with Gasteiger partial charge in [0.15, 0.2) is 5.69 Å². The van der Waals surface area contributed by atoms with Crippen molar-refractivity contribution in [1.82, 2.24) is 34.7 Å². The van der Waals surface area contributed by atoms with Gasteiger partial charge in [-0.2, -0.15) is 10.2 Å². The fourth-order valence-electron chi connectivity index (χ4n) is 5.04. The molecule has 2 aromatic heterocycles. The van der Waals surface area contributed by atoms with Gasteiger partial charge < -0.3 is 19.8 Å². The number of nitrogens with zero attached hydrogens (tertiary/aromatic N) is 6. The van der Waals surface area contributed by atoms with Gasteiger partial charge >= 0.3 is 0 Å². The van der Waals surface area contributed by atoms with E-state index >= 15 is 0 Å². The minimum atomic E-state index is -0.250. The van der Waals surface area contributed by atoms with Gasteiger partial charge in [0.05, 0.1) is 42.6 Å². The molecule has 5 rings (SSSR count). The molecule has 5 heterocycles. The maximum atomic E-state index is 13.2. The van der Waals surface area contributed by atoms with Crippen molar-refractivity contribution in [2.24, 2.45) is 5.92 Å². The number of carbonyl (C=O) groups is 3. The number of carboxylic acid groups (broad SMARTS) is 1. The summed E-state index contributed by atoms with van der Waals surface area (Å²) in [5, 5.41) is 18.8. The molecule has 0 spiro atoms. The third-order valence-electron chi connectivity index (χ3n) is 6.63. The van der Waals surface area contributed by atoms with Crippen LogP contribution in [0.3, 0.4) is 0 Å². The van der Waals surface area contributed by atoms with Gasteiger partial charge in [-0.15, -0.1) is 0 Å². The van der Waals surface area contributed by atoms with Crippen LogP contribution in [0.2, 0.25) is 0 Å². The molecule has 2 amide bonds. The number of aromatic amines is 1. The van der Waals surface area contributed by atoms with Crippen LogP contribution >= 0.6 is 0 Å². The number of carbonyl (C=O) groups excluding carboxylic acids is 2. The second kappa shape index (κ2) is 9.74. The van der Waals surface area contributed by atoms with Crippen molar-refractivity contribution in [3.63, 3.8) is 0 Å². The molecule has 0 bridgehead atoms. The van der Waals surface area contributed by atoms with E-state index in [2.05, 4.69) is 27.2 Å². The number of rotatable bonds is 2. The molecule has 1 atom stereocenters. The monoisotopic (exact) mass is 457 g/mol. The summed E-state index contributed by atoms with van der Waals surface area (Å²) in [6, 6.07) is 2.03. The molecule has 0 radical (unpaired) electrons. The Morgan fingerprint density at radius 2 is 1.97 bits per heavy atom. The first-order valence-corrected chi connectivity index (χ1v) is 11.3. The van der Waals surface area contributed by atoms with Crippen LogP contribution in [-0.4, -0.2) is 91.3 Å². The summed E-state index contributed by atoms with van der Waals surface area (Å²) < 4.78 is 1.98. The summed E-state index contributed by atoms with van der Waals surface area (Å²) in [6.45, 7) is 6.68. The predicted octanol–water partition coefficient (Wildman–Crippen LogP) is 0.498. The molecular weight excluding hydrogens is 426 g/mol. The number of piperidine rings is 1. The highest BCUT2D eigenvalue weighted by molar-refractivity contribution is 5.94. The Morgan fingerprint density at radius 1 is 1.18 bits per heavy atom. The SMILES string of the molecule is Cc1cc2n(n1)CCN(C(=O)c1n[nH]c3c1CCN(C(=O)C1CCCN(C)C1)C3)C2.O=CO. The molecule has 1 unspecified atom stereocenters. The molecule has 2 N–H and O–H groups in total. The zero-order valence-electron chi connectivity index (χ0n) is 19.2. The van der Waals surface area contributed by atoms with Crippen LogP contribution in [0.1, 0.15) is 46.0 Å². The number of fused-ring (bicyclic) bond motifs is 2. The van der Waals surface area contributed by atoms with Crippen LogP contribution in [0.25, 0.3) is 0 Å². The molecule has 1 fully saturated rings. The van der Waals surface area contributed by atoms with E-state index in [1.54, 1.807) is 0 Å². The predicted molar refractivity (Wildman–Crippen MR) is 118 cm³/mol. The van der Waals surface area contributed by atoms with Gasteiger partial charge in [-0.3, -0.25) is 24.2 Å². The topological polar surface area (TPSA) is 128 Å². The number of likely N-dealkylation sites (tertiary alicyclic amines) is 1. The molecule has 178 valence electrons. The smallest absolute Gasteiger partial charge is 0.290 e. The first-order valence-electron chi connectivity index (χ1n) is 11.3. The molecule has 11 nitrogen and oxygen atoms in total. The van der Waals surface area contributed by atoms with Gasteiger partial charge in [-0.1, -0.05) is 0 Å². The number of amides is 2. The van der Waals surface area contributed by atoms with Crippen molar-refractivity contribution in [3.8, 4) is 0 Å².